The fraction of sp³-hybridized carbons (Fsp3) is 0.188. The lowest BCUT2D eigenvalue weighted by Gasteiger charge is -2.36. The van der Waals surface area contributed by atoms with Gasteiger partial charge in [0, 0.05) is 49.4 Å². The van der Waals surface area contributed by atoms with E-state index in [-0.39, 0.29) is 18.3 Å². The lowest BCUT2D eigenvalue weighted by molar-refractivity contribution is 0.0746. The van der Waals surface area contributed by atoms with E-state index in [1.807, 2.05) is 101 Å². The Hall–Kier alpha value is -4.36. The molecular weight excluding hydrogens is 527 g/mol. The van der Waals surface area contributed by atoms with Crippen LogP contribution in [0.2, 0.25) is 5.02 Å². The third-order valence-corrected chi connectivity index (χ3v) is 7.44. The summed E-state index contributed by atoms with van der Waals surface area (Å²) in [4.78, 5) is 21.5. The molecule has 2 heterocycles. The fourth-order valence-corrected chi connectivity index (χ4v) is 5.19. The average Bonchev–Trinajstić information content (AvgIpc) is 3.33. The van der Waals surface area contributed by atoms with Crippen LogP contribution in [0.1, 0.15) is 21.7 Å². The first-order chi connectivity index (χ1) is 19.5. The number of piperazine rings is 1. The lowest BCUT2D eigenvalue weighted by atomic mass is 10.1. The molecule has 0 saturated carbocycles. The van der Waals surface area contributed by atoms with E-state index in [2.05, 4.69) is 4.57 Å². The molecule has 0 N–H and O–H groups in total. The van der Waals surface area contributed by atoms with Crippen molar-refractivity contribution in [2.75, 3.05) is 31.1 Å². The summed E-state index contributed by atoms with van der Waals surface area (Å²) in [5.74, 6) is 1.10. The highest BCUT2D eigenvalue weighted by Crippen LogP contribution is 2.29. The second-order valence-corrected chi connectivity index (χ2v) is 10.2. The average molecular weight is 555 g/mol. The van der Waals surface area contributed by atoms with E-state index in [0.29, 0.717) is 60.3 Å². The zero-order chi connectivity index (χ0) is 27.5. The van der Waals surface area contributed by atoms with Gasteiger partial charge in [0.25, 0.3) is 5.91 Å². The minimum atomic E-state index is -0.331. The van der Waals surface area contributed by atoms with Crippen molar-refractivity contribution in [1.82, 2.24) is 14.5 Å². The summed E-state index contributed by atoms with van der Waals surface area (Å²) in [7, 11) is 0. The van der Waals surface area contributed by atoms with Gasteiger partial charge in [0.1, 0.15) is 24.0 Å². The number of halogens is 2. The number of amides is 1. The molecular formula is C32H28ClFN4O2. The number of nitrogens with zero attached hydrogens (tertiary/aromatic N) is 4. The number of hydrogen-bond donors (Lipinski definition) is 0. The lowest BCUT2D eigenvalue weighted by Crippen LogP contribution is -2.49. The molecule has 0 unspecified atom stereocenters. The van der Waals surface area contributed by atoms with Gasteiger partial charge in [-0.25, -0.2) is 9.37 Å². The monoisotopic (exact) mass is 554 g/mol. The molecule has 40 heavy (non-hydrogen) atoms. The van der Waals surface area contributed by atoms with Crippen molar-refractivity contribution in [2.24, 2.45) is 0 Å². The highest BCUT2D eigenvalue weighted by molar-refractivity contribution is 6.30. The smallest absolute Gasteiger partial charge is 0.253 e. The van der Waals surface area contributed by atoms with Gasteiger partial charge in [0.15, 0.2) is 0 Å². The first kappa shape index (κ1) is 25.9. The second-order valence-electron chi connectivity index (χ2n) is 9.78. The van der Waals surface area contributed by atoms with Crippen LogP contribution in [0.25, 0.3) is 11.0 Å². The van der Waals surface area contributed by atoms with Gasteiger partial charge in [-0.2, -0.15) is 0 Å². The number of benzene rings is 4. The van der Waals surface area contributed by atoms with E-state index in [1.54, 1.807) is 0 Å². The molecule has 5 aromatic rings. The number of anilines is 1. The molecule has 0 spiro atoms. The van der Waals surface area contributed by atoms with E-state index in [1.165, 1.54) is 6.07 Å². The van der Waals surface area contributed by atoms with Crippen LogP contribution in [-0.4, -0.2) is 46.5 Å². The van der Waals surface area contributed by atoms with E-state index >= 15 is 4.39 Å². The molecule has 1 amide bonds. The number of ether oxygens (including phenoxy) is 1. The first-order valence-electron chi connectivity index (χ1n) is 13.3. The Bertz CT molecular complexity index is 1620. The van der Waals surface area contributed by atoms with Crippen molar-refractivity contribution < 1.29 is 13.9 Å². The largest absolute Gasteiger partial charge is 0.486 e. The third-order valence-electron chi connectivity index (χ3n) is 7.19. The van der Waals surface area contributed by atoms with Gasteiger partial charge >= 0.3 is 0 Å². The molecule has 1 fully saturated rings. The van der Waals surface area contributed by atoms with Crippen LogP contribution in [0.3, 0.4) is 0 Å². The predicted molar refractivity (Wildman–Crippen MR) is 156 cm³/mol. The summed E-state index contributed by atoms with van der Waals surface area (Å²) in [6.07, 6.45) is 0. The molecule has 6 rings (SSSR count). The Morgan fingerprint density at radius 2 is 1.55 bits per heavy atom. The predicted octanol–water partition coefficient (Wildman–Crippen LogP) is 6.42. The molecule has 202 valence electrons. The molecule has 1 aliphatic heterocycles. The summed E-state index contributed by atoms with van der Waals surface area (Å²) in [5, 5.41) is 0.668. The van der Waals surface area contributed by atoms with Crippen molar-refractivity contribution >= 4 is 34.2 Å². The summed E-state index contributed by atoms with van der Waals surface area (Å²) < 4.78 is 23.6. The Labute approximate surface area is 237 Å². The molecule has 0 atom stereocenters. The van der Waals surface area contributed by atoms with E-state index in [9.17, 15) is 4.79 Å². The normalized spacial score (nSPS) is 13.6. The number of hydrogen-bond acceptors (Lipinski definition) is 4. The van der Waals surface area contributed by atoms with E-state index in [4.69, 9.17) is 21.3 Å². The number of para-hydroxylation sites is 1. The molecule has 0 radical (unpaired) electrons. The number of aromatic nitrogens is 2. The van der Waals surface area contributed by atoms with Crippen molar-refractivity contribution in [3.05, 3.63) is 125 Å². The van der Waals surface area contributed by atoms with Gasteiger partial charge in [-0.1, -0.05) is 60.1 Å². The topological polar surface area (TPSA) is 50.6 Å². The molecule has 1 aromatic heterocycles. The van der Waals surface area contributed by atoms with Crippen LogP contribution in [0.15, 0.2) is 97.1 Å². The van der Waals surface area contributed by atoms with Crippen LogP contribution in [0, 0.1) is 5.82 Å². The first-order valence-corrected chi connectivity index (χ1v) is 13.6. The molecule has 1 saturated heterocycles. The summed E-state index contributed by atoms with van der Waals surface area (Å²) in [6, 6.07) is 29.9. The van der Waals surface area contributed by atoms with Crippen molar-refractivity contribution in [2.45, 2.75) is 13.2 Å². The van der Waals surface area contributed by atoms with Crippen molar-refractivity contribution in [3.63, 3.8) is 0 Å². The van der Waals surface area contributed by atoms with E-state index < -0.39 is 0 Å². The molecule has 4 aromatic carbocycles. The van der Waals surface area contributed by atoms with Crippen LogP contribution in [-0.2, 0) is 13.2 Å². The quantitative estimate of drug-likeness (QED) is 0.233. The van der Waals surface area contributed by atoms with Gasteiger partial charge < -0.3 is 19.1 Å². The SMILES string of the molecule is O=C(c1ccccc1)N1CCN(c2cc3c(cc2F)nc(COc2ccccc2)n3Cc2ccc(Cl)cc2)CC1. The summed E-state index contributed by atoms with van der Waals surface area (Å²) in [5.41, 5.74) is 3.61. The van der Waals surface area contributed by atoms with Gasteiger partial charge in [0.2, 0.25) is 0 Å². The minimum Gasteiger partial charge on any atom is -0.486 e. The van der Waals surface area contributed by atoms with Crippen LogP contribution in [0.5, 0.6) is 5.75 Å². The molecule has 8 heteroatoms. The van der Waals surface area contributed by atoms with Crippen LogP contribution >= 0.6 is 11.6 Å². The molecule has 1 aliphatic rings. The van der Waals surface area contributed by atoms with Crippen LogP contribution in [0.4, 0.5) is 10.1 Å². The maximum atomic E-state index is 15.5. The Morgan fingerprint density at radius 3 is 2.25 bits per heavy atom. The minimum absolute atomic E-state index is 0.000253. The number of fused-ring (bicyclic) bond motifs is 1. The maximum absolute atomic E-state index is 15.5. The second kappa shape index (κ2) is 11.4. The maximum Gasteiger partial charge on any atom is 0.253 e. The Balaban J connectivity index is 1.28. The Morgan fingerprint density at radius 1 is 0.875 bits per heavy atom. The standard InChI is InChI=1S/C32H28ClFN4O2/c33-25-13-11-23(12-14-25)21-38-30-20-29(36-15-17-37(18-16-36)32(39)24-7-3-1-4-8-24)27(34)19-28(30)35-31(38)22-40-26-9-5-2-6-10-26/h1-14,19-20H,15-18,21-22H2. The van der Waals surface area contributed by atoms with E-state index in [0.717, 1.165) is 16.8 Å². The van der Waals surface area contributed by atoms with Gasteiger partial charge in [-0.05, 0) is 48.0 Å². The molecule has 0 bridgehead atoms. The highest BCUT2D eigenvalue weighted by Gasteiger charge is 2.25. The van der Waals surface area contributed by atoms with Crippen molar-refractivity contribution in [1.29, 1.82) is 0 Å². The van der Waals surface area contributed by atoms with Gasteiger partial charge in [-0.15, -0.1) is 0 Å². The Kier molecular flexibility index (Phi) is 7.38. The number of rotatable bonds is 7. The zero-order valence-electron chi connectivity index (χ0n) is 21.8. The third kappa shape index (κ3) is 5.51. The highest BCUT2D eigenvalue weighted by atomic mass is 35.5. The summed E-state index contributed by atoms with van der Waals surface area (Å²) in [6.45, 7) is 2.89. The van der Waals surface area contributed by atoms with Gasteiger partial charge in [0.05, 0.1) is 16.7 Å². The number of carbonyl (C=O) groups is 1. The van der Waals surface area contributed by atoms with Crippen LogP contribution < -0.4 is 9.64 Å². The van der Waals surface area contributed by atoms with Gasteiger partial charge in [-0.3, -0.25) is 4.79 Å². The summed E-state index contributed by atoms with van der Waals surface area (Å²) >= 11 is 6.12. The number of imidazole rings is 1. The number of carbonyl (C=O) groups excluding carboxylic acids is 1. The van der Waals surface area contributed by atoms with Crippen molar-refractivity contribution in [3.8, 4) is 5.75 Å². The fourth-order valence-electron chi connectivity index (χ4n) is 5.06. The molecule has 6 nitrogen and oxygen atoms in total. The molecule has 0 aliphatic carbocycles. The zero-order valence-corrected chi connectivity index (χ0v) is 22.6.